The molecule has 10 nitrogen and oxygen atoms in total. The van der Waals surface area contributed by atoms with Gasteiger partial charge in [0.2, 0.25) is 0 Å². The Morgan fingerprint density at radius 1 is 0.978 bits per heavy atom. The second kappa shape index (κ2) is 11.5. The third kappa shape index (κ3) is 5.26. The normalized spacial score (nSPS) is 39.9. The summed E-state index contributed by atoms with van der Waals surface area (Å²) in [7, 11) is -2.23. The highest BCUT2D eigenvalue weighted by Crippen LogP contribution is 2.66. The Labute approximate surface area is 272 Å². The van der Waals surface area contributed by atoms with Gasteiger partial charge < -0.3 is 33.6 Å². The van der Waals surface area contributed by atoms with Crippen molar-refractivity contribution in [1.29, 1.82) is 0 Å². The minimum Gasteiger partial charge on any atom is -0.459 e. The number of carbonyl (C=O) groups excluding carboxylic acids is 3. The first-order chi connectivity index (χ1) is 21.2. The van der Waals surface area contributed by atoms with Crippen molar-refractivity contribution in [2.45, 2.75) is 123 Å². The Morgan fingerprint density at radius 2 is 1.61 bits per heavy atom. The second-order valence-electron chi connectivity index (χ2n) is 15.6. The number of benzene rings is 1. The molecule has 0 amide bonds. The van der Waals surface area contributed by atoms with Gasteiger partial charge in [0.25, 0.3) is 0 Å². The molecule has 1 saturated heterocycles. The van der Waals surface area contributed by atoms with E-state index in [1.807, 2.05) is 54.3 Å². The zero-order valence-electron chi connectivity index (χ0n) is 28.7. The molecule has 1 aromatic rings. The molecule has 0 radical (unpaired) electrons. The van der Waals surface area contributed by atoms with Gasteiger partial charge in [0.15, 0.2) is 13.9 Å². The number of rotatable bonds is 6. The third-order valence-corrected chi connectivity index (χ3v) is 12.4. The lowest BCUT2D eigenvalue weighted by Gasteiger charge is -2.69. The summed E-state index contributed by atoms with van der Waals surface area (Å²) >= 11 is 0. The summed E-state index contributed by atoms with van der Waals surface area (Å²) in [6.07, 6.45) is -4.55. The highest BCUT2D eigenvalue weighted by Gasteiger charge is 2.77. The predicted molar refractivity (Wildman–Crippen MR) is 171 cm³/mol. The van der Waals surface area contributed by atoms with Crippen LogP contribution in [0.3, 0.4) is 0 Å². The second-order valence-corrected chi connectivity index (χ2v) is 20.0. The number of fused-ring (bicyclic) bond motifs is 5. The predicted octanol–water partition coefficient (Wildman–Crippen LogP) is 4.58. The van der Waals surface area contributed by atoms with E-state index in [9.17, 15) is 24.6 Å². The number of hydrogen-bond acceptors (Lipinski definition) is 10. The van der Waals surface area contributed by atoms with E-state index in [0.29, 0.717) is 12.0 Å². The Balaban J connectivity index is 1.86. The molecule has 4 aliphatic rings. The van der Waals surface area contributed by atoms with Gasteiger partial charge in [-0.05, 0) is 62.2 Å². The van der Waals surface area contributed by atoms with Crippen LogP contribution >= 0.6 is 0 Å². The molecular formula is C35H50O10Si. The lowest BCUT2D eigenvalue weighted by molar-refractivity contribution is -0.358. The molecule has 0 aromatic heterocycles. The number of carbonyl (C=O) groups is 3. The van der Waals surface area contributed by atoms with E-state index in [0.717, 1.165) is 5.57 Å². The molecule has 3 aliphatic carbocycles. The van der Waals surface area contributed by atoms with Gasteiger partial charge in [-0.25, -0.2) is 4.79 Å². The Morgan fingerprint density at radius 3 is 2.13 bits per heavy atom. The number of esters is 3. The molecule has 1 aromatic carbocycles. The van der Waals surface area contributed by atoms with Gasteiger partial charge in [-0.1, -0.05) is 45.9 Å². The third-order valence-electron chi connectivity index (χ3n) is 11.4. The van der Waals surface area contributed by atoms with E-state index in [2.05, 4.69) is 0 Å². The monoisotopic (exact) mass is 658 g/mol. The molecule has 254 valence electrons. The molecule has 2 bridgehead atoms. The minimum absolute atomic E-state index is 0.0143. The van der Waals surface area contributed by atoms with Crippen molar-refractivity contribution in [3.63, 3.8) is 0 Å². The van der Waals surface area contributed by atoms with Gasteiger partial charge >= 0.3 is 17.9 Å². The van der Waals surface area contributed by atoms with Crippen molar-refractivity contribution >= 4 is 26.2 Å². The zero-order chi connectivity index (χ0) is 34.2. The smallest absolute Gasteiger partial charge is 0.338 e. The molecular weight excluding hydrogens is 608 g/mol. The van der Waals surface area contributed by atoms with E-state index < -0.39 is 84.7 Å². The number of aliphatic hydroxyl groups excluding tert-OH is 1. The molecule has 1 heterocycles. The maximum Gasteiger partial charge on any atom is 0.338 e. The number of hydrogen-bond donors (Lipinski definition) is 2. The van der Waals surface area contributed by atoms with Crippen molar-refractivity contribution in [3.05, 3.63) is 47.0 Å². The molecule has 46 heavy (non-hydrogen) atoms. The first kappa shape index (κ1) is 34.8. The summed E-state index contributed by atoms with van der Waals surface area (Å²) in [5.74, 6) is -3.08. The van der Waals surface area contributed by atoms with Crippen LogP contribution in [0.5, 0.6) is 0 Å². The Bertz CT molecular complexity index is 1420. The number of ether oxygens (including phenoxy) is 4. The minimum atomic E-state index is -2.23. The average Bonchev–Trinajstić information content (AvgIpc) is 2.93. The van der Waals surface area contributed by atoms with Gasteiger partial charge in [0.1, 0.15) is 30.0 Å². The molecule has 2 N–H and O–H groups in total. The molecule has 5 rings (SSSR count). The highest BCUT2D eigenvalue weighted by atomic mass is 28.4. The first-order valence-corrected chi connectivity index (χ1v) is 19.7. The van der Waals surface area contributed by atoms with Crippen LogP contribution in [0, 0.1) is 22.7 Å². The van der Waals surface area contributed by atoms with Crippen molar-refractivity contribution in [1.82, 2.24) is 0 Å². The maximum atomic E-state index is 14.1. The molecule has 1 aliphatic heterocycles. The van der Waals surface area contributed by atoms with Crippen LogP contribution in [0.4, 0.5) is 0 Å². The largest absolute Gasteiger partial charge is 0.459 e. The van der Waals surface area contributed by atoms with Crippen molar-refractivity contribution in [2.24, 2.45) is 22.7 Å². The summed E-state index contributed by atoms with van der Waals surface area (Å²) in [5.41, 5.74) is -4.07. The van der Waals surface area contributed by atoms with Crippen LogP contribution < -0.4 is 0 Å². The van der Waals surface area contributed by atoms with Gasteiger partial charge in [0.05, 0.1) is 24.2 Å². The van der Waals surface area contributed by atoms with E-state index in [1.54, 1.807) is 30.3 Å². The number of aliphatic hydroxyl groups is 2. The van der Waals surface area contributed by atoms with Crippen LogP contribution in [0.1, 0.15) is 71.7 Å². The quantitative estimate of drug-likeness (QED) is 0.193. The van der Waals surface area contributed by atoms with Crippen LogP contribution in [0.2, 0.25) is 19.6 Å². The van der Waals surface area contributed by atoms with Gasteiger partial charge in [-0.3, -0.25) is 9.59 Å². The Kier molecular flexibility index (Phi) is 8.72. The summed E-state index contributed by atoms with van der Waals surface area (Å²) in [4.78, 5) is 39.8. The van der Waals surface area contributed by atoms with Crippen molar-refractivity contribution in [2.75, 3.05) is 6.61 Å². The summed E-state index contributed by atoms with van der Waals surface area (Å²) in [6, 6.07) is 8.52. The summed E-state index contributed by atoms with van der Waals surface area (Å²) in [6.45, 7) is 18.1. The standard InChI is InChI=1S/C35H50O10Si/c1-19-16-25-34(18-41-25,44-22(4)37)28-30(43-31(39)23-14-12-11-13-15-23)35(40)17-24(45-46(8,9)10)20(2)26(32(35,5)6)27(38)29(33(19,28)7)42-21(3)36/h11-15,19,24-25,27-30,38,40H,16-18H2,1-10H3. The molecule has 3 fully saturated rings. The van der Waals surface area contributed by atoms with Crippen LogP contribution in [-0.4, -0.2) is 84.8 Å². The summed E-state index contributed by atoms with van der Waals surface area (Å²) in [5, 5.41) is 25.9. The average molecular weight is 659 g/mol. The van der Waals surface area contributed by atoms with Crippen LogP contribution in [-0.2, 0) is 33.0 Å². The van der Waals surface area contributed by atoms with E-state index >= 15 is 0 Å². The van der Waals surface area contributed by atoms with Crippen LogP contribution in [0.25, 0.3) is 0 Å². The molecule has 2 saturated carbocycles. The van der Waals surface area contributed by atoms with Crippen molar-refractivity contribution in [3.8, 4) is 0 Å². The lowest BCUT2D eigenvalue weighted by Crippen LogP contribution is -2.81. The molecule has 0 spiro atoms. The van der Waals surface area contributed by atoms with E-state index in [-0.39, 0.29) is 24.5 Å². The van der Waals surface area contributed by atoms with E-state index in [4.69, 9.17) is 23.4 Å². The van der Waals surface area contributed by atoms with Gasteiger partial charge in [-0.15, -0.1) is 0 Å². The highest BCUT2D eigenvalue weighted by molar-refractivity contribution is 6.69. The Hall–Kier alpha value is -2.57. The zero-order valence-corrected chi connectivity index (χ0v) is 29.7. The lowest BCUT2D eigenvalue weighted by atomic mass is 9.43. The molecule has 10 atom stereocenters. The van der Waals surface area contributed by atoms with Crippen molar-refractivity contribution < 1.29 is 48.0 Å². The van der Waals surface area contributed by atoms with Crippen LogP contribution in [0.15, 0.2) is 41.5 Å². The topological polar surface area (TPSA) is 138 Å². The molecule has 10 unspecified atom stereocenters. The summed E-state index contributed by atoms with van der Waals surface area (Å²) < 4.78 is 31.6. The molecule has 11 heteroatoms. The van der Waals surface area contributed by atoms with Gasteiger partial charge in [0, 0.05) is 31.1 Å². The first-order valence-electron chi connectivity index (χ1n) is 16.2. The maximum absolute atomic E-state index is 14.1. The fourth-order valence-corrected chi connectivity index (χ4v) is 10.2. The fourth-order valence-electron chi connectivity index (χ4n) is 9.08. The van der Waals surface area contributed by atoms with Gasteiger partial charge in [-0.2, -0.15) is 0 Å². The SMILES string of the molecule is CC(=O)OC1C(O)C2=C(C)C(O[Si](C)(C)C)CC(O)(C(OC(=O)c3ccccc3)C3C4(OC(C)=O)COC4CC(C)C13C)C2(C)C. The fraction of sp³-hybridized carbons (Fsp3) is 0.686. The van der Waals surface area contributed by atoms with E-state index in [1.165, 1.54) is 13.8 Å².